The minimum atomic E-state index is -0.366. The number of carbonyl (C=O) groups is 1. The van der Waals surface area contributed by atoms with Gasteiger partial charge in [-0.1, -0.05) is 42.5 Å². The normalized spacial score (nSPS) is 11.4. The Labute approximate surface area is 149 Å². The zero-order chi connectivity index (χ0) is 17.9. The van der Waals surface area contributed by atoms with Crippen LogP contribution in [0.5, 0.6) is 0 Å². The van der Waals surface area contributed by atoms with Crippen LogP contribution >= 0.6 is 0 Å². The molecule has 0 aliphatic rings. The van der Waals surface area contributed by atoms with E-state index in [0.29, 0.717) is 17.2 Å². The lowest BCUT2D eigenvalue weighted by molar-refractivity contribution is -0.139. The summed E-state index contributed by atoms with van der Waals surface area (Å²) in [5.74, 6) is 0.161. The Bertz CT molecular complexity index is 1130. The van der Waals surface area contributed by atoms with E-state index >= 15 is 0 Å². The molecule has 2 aromatic heterocycles. The predicted molar refractivity (Wildman–Crippen MR) is 99.0 cm³/mol. The fraction of sp³-hybridized carbons (Fsp3) is 0.100. The summed E-state index contributed by atoms with van der Waals surface area (Å²) in [5, 5.41) is 11.0. The second kappa shape index (κ2) is 6.76. The fourth-order valence-electron chi connectivity index (χ4n) is 2.86. The monoisotopic (exact) mass is 344 g/mol. The minimum Gasteiger partial charge on any atom is -0.469 e. The molecule has 0 amide bonds. The van der Waals surface area contributed by atoms with Gasteiger partial charge >= 0.3 is 5.97 Å². The van der Waals surface area contributed by atoms with Crippen LogP contribution in [0, 0.1) is 0 Å². The number of imidazole rings is 1. The van der Waals surface area contributed by atoms with Crippen LogP contribution < -0.4 is 0 Å². The highest BCUT2D eigenvalue weighted by molar-refractivity contribution is 5.92. The maximum Gasteiger partial charge on any atom is 0.311 e. The highest BCUT2D eigenvalue weighted by Crippen LogP contribution is 2.29. The first kappa shape index (κ1) is 16.0. The third-order valence-corrected chi connectivity index (χ3v) is 4.13. The third kappa shape index (κ3) is 2.93. The number of aromatic nitrogens is 2. The van der Waals surface area contributed by atoms with Crippen molar-refractivity contribution in [1.82, 2.24) is 9.38 Å². The van der Waals surface area contributed by atoms with Crippen LogP contribution in [0.15, 0.2) is 77.1 Å². The van der Waals surface area contributed by atoms with Crippen molar-refractivity contribution in [3.05, 3.63) is 72.6 Å². The van der Waals surface area contributed by atoms with E-state index in [4.69, 9.17) is 4.74 Å². The van der Waals surface area contributed by atoms with E-state index in [1.807, 2.05) is 71.3 Å². The number of hydrogen-bond donors (Lipinski definition) is 0. The molecule has 0 aliphatic carbocycles. The second-order valence-electron chi connectivity index (χ2n) is 5.76. The number of carbonyl (C=O) groups excluding carboxylic acids is 1. The van der Waals surface area contributed by atoms with Crippen LogP contribution in [0.4, 0.5) is 11.5 Å². The van der Waals surface area contributed by atoms with Crippen LogP contribution in [-0.2, 0) is 16.0 Å². The first-order valence-electron chi connectivity index (χ1n) is 8.18. The van der Waals surface area contributed by atoms with Crippen LogP contribution in [0.2, 0.25) is 0 Å². The molecule has 4 aromatic rings. The van der Waals surface area contributed by atoms with Crippen LogP contribution in [0.3, 0.4) is 0 Å². The molecule has 26 heavy (non-hydrogen) atoms. The molecule has 0 atom stereocenters. The number of methoxy groups -OCH3 is 1. The standard InChI is InChI=1S/C20H16N4O2/c1-26-19(25)13-17-20(24-12-5-4-11-18(24)21-17)23-22-16-10-6-8-14-7-2-3-9-15(14)16/h2-12H,13H2,1H3. The maximum atomic E-state index is 11.7. The number of hydrogen-bond acceptors (Lipinski definition) is 5. The summed E-state index contributed by atoms with van der Waals surface area (Å²) >= 11 is 0. The molecule has 0 unspecified atom stereocenters. The Morgan fingerprint density at radius 1 is 1.04 bits per heavy atom. The molecule has 0 saturated heterocycles. The molecule has 0 bridgehead atoms. The topological polar surface area (TPSA) is 68.3 Å². The number of nitrogens with zero attached hydrogens (tertiary/aromatic N) is 4. The van der Waals surface area contributed by atoms with Gasteiger partial charge in [0.25, 0.3) is 0 Å². The van der Waals surface area contributed by atoms with E-state index in [1.165, 1.54) is 7.11 Å². The third-order valence-electron chi connectivity index (χ3n) is 4.13. The van der Waals surface area contributed by atoms with E-state index in [2.05, 4.69) is 15.2 Å². The van der Waals surface area contributed by atoms with Gasteiger partial charge in [-0.05, 0) is 23.6 Å². The smallest absolute Gasteiger partial charge is 0.311 e. The second-order valence-corrected chi connectivity index (χ2v) is 5.76. The number of esters is 1. The van der Waals surface area contributed by atoms with Crippen molar-refractivity contribution >= 4 is 33.9 Å². The van der Waals surface area contributed by atoms with Gasteiger partial charge in [-0.15, -0.1) is 10.2 Å². The fourth-order valence-corrected chi connectivity index (χ4v) is 2.86. The largest absolute Gasteiger partial charge is 0.469 e. The van der Waals surface area contributed by atoms with E-state index < -0.39 is 0 Å². The lowest BCUT2D eigenvalue weighted by Crippen LogP contribution is -2.04. The quantitative estimate of drug-likeness (QED) is 0.401. The number of rotatable bonds is 4. The molecule has 0 radical (unpaired) electrons. The van der Waals surface area contributed by atoms with Gasteiger partial charge in [0.2, 0.25) is 0 Å². The Kier molecular flexibility index (Phi) is 4.15. The lowest BCUT2D eigenvalue weighted by atomic mass is 10.1. The van der Waals surface area contributed by atoms with Crippen molar-refractivity contribution in [3.8, 4) is 0 Å². The maximum absolute atomic E-state index is 11.7. The molecule has 0 fully saturated rings. The molecule has 0 saturated carbocycles. The SMILES string of the molecule is COC(=O)Cc1nc2ccccn2c1N=Nc1cccc2ccccc12. The molecule has 128 valence electrons. The first-order chi connectivity index (χ1) is 12.8. The van der Waals surface area contributed by atoms with Gasteiger partial charge in [-0.25, -0.2) is 4.98 Å². The molecule has 2 aromatic carbocycles. The predicted octanol–water partition coefficient (Wildman–Crippen LogP) is 4.62. The highest BCUT2D eigenvalue weighted by atomic mass is 16.5. The Hall–Kier alpha value is -3.54. The van der Waals surface area contributed by atoms with E-state index in [0.717, 1.165) is 16.5 Å². The van der Waals surface area contributed by atoms with Crippen molar-refractivity contribution in [2.75, 3.05) is 7.11 Å². The van der Waals surface area contributed by atoms with Crippen molar-refractivity contribution in [1.29, 1.82) is 0 Å². The first-order valence-corrected chi connectivity index (χ1v) is 8.18. The number of benzene rings is 2. The van der Waals surface area contributed by atoms with Gasteiger partial charge in [0, 0.05) is 11.6 Å². The Morgan fingerprint density at radius 3 is 2.73 bits per heavy atom. The summed E-state index contributed by atoms with van der Waals surface area (Å²) in [6, 6.07) is 19.5. The molecular weight excluding hydrogens is 328 g/mol. The molecule has 0 aliphatic heterocycles. The summed E-state index contributed by atoms with van der Waals surface area (Å²) in [6.07, 6.45) is 1.89. The molecule has 2 heterocycles. The lowest BCUT2D eigenvalue weighted by Gasteiger charge is -2.01. The summed E-state index contributed by atoms with van der Waals surface area (Å²) in [5.41, 5.74) is 2.00. The van der Waals surface area contributed by atoms with Crippen molar-refractivity contribution in [2.45, 2.75) is 6.42 Å². The Morgan fingerprint density at radius 2 is 1.85 bits per heavy atom. The van der Waals surface area contributed by atoms with Crippen LogP contribution in [0.1, 0.15) is 5.69 Å². The van der Waals surface area contributed by atoms with Gasteiger partial charge in [0.15, 0.2) is 5.82 Å². The van der Waals surface area contributed by atoms with Crippen molar-refractivity contribution in [2.24, 2.45) is 10.2 Å². The Balaban J connectivity index is 1.81. The summed E-state index contributed by atoms with van der Waals surface area (Å²) in [7, 11) is 1.36. The van der Waals surface area contributed by atoms with Crippen molar-refractivity contribution < 1.29 is 9.53 Å². The average molecular weight is 344 g/mol. The molecule has 6 nitrogen and oxygen atoms in total. The van der Waals surface area contributed by atoms with E-state index in [9.17, 15) is 4.79 Å². The van der Waals surface area contributed by atoms with Crippen LogP contribution in [0.25, 0.3) is 16.4 Å². The molecule has 4 rings (SSSR count). The van der Waals surface area contributed by atoms with E-state index in [1.54, 1.807) is 0 Å². The van der Waals surface area contributed by atoms with Gasteiger partial charge in [-0.2, -0.15) is 0 Å². The minimum absolute atomic E-state index is 0.0437. The van der Waals surface area contributed by atoms with Gasteiger partial charge in [0.1, 0.15) is 5.65 Å². The zero-order valence-electron chi connectivity index (χ0n) is 14.2. The van der Waals surface area contributed by atoms with Gasteiger partial charge < -0.3 is 4.74 Å². The zero-order valence-corrected chi connectivity index (χ0v) is 14.2. The highest BCUT2D eigenvalue weighted by Gasteiger charge is 2.15. The van der Waals surface area contributed by atoms with Gasteiger partial charge in [0.05, 0.1) is 24.9 Å². The summed E-state index contributed by atoms with van der Waals surface area (Å²) in [6.45, 7) is 0. The van der Waals surface area contributed by atoms with Gasteiger partial charge in [-0.3, -0.25) is 9.20 Å². The molecule has 0 N–H and O–H groups in total. The molecular formula is C20H16N4O2. The van der Waals surface area contributed by atoms with E-state index in [-0.39, 0.29) is 12.4 Å². The molecule has 6 heteroatoms. The average Bonchev–Trinajstić information content (AvgIpc) is 3.03. The number of ether oxygens (including phenoxy) is 1. The van der Waals surface area contributed by atoms with Crippen molar-refractivity contribution in [3.63, 3.8) is 0 Å². The molecule has 0 spiro atoms. The van der Waals surface area contributed by atoms with Crippen LogP contribution in [-0.4, -0.2) is 22.5 Å². The number of fused-ring (bicyclic) bond motifs is 2. The summed E-state index contributed by atoms with van der Waals surface area (Å²) < 4.78 is 6.58. The number of azo groups is 1. The number of pyridine rings is 1. The summed E-state index contributed by atoms with van der Waals surface area (Å²) in [4.78, 5) is 16.2.